The van der Waals surface area contributed by atoms with Gasteiger partial charge in [0.25, 0.3) is 5.91 Å². The van der Waals surface area contributed by atoms with E-state index in [-0.39, 0.29) is 42.2 Å². The third-order valence-corrected chi connectivity index (χ3v) is 10.8. The van der Waals surface area contributed by atoms with Crippen molar-refractivity contribution in [2.45, 2.75) is 63.0 Å². The van der Waals surface area contributed by atoms with Crippen LogP contribution in [0.2, 0.25) is 0 Å². The van der Waals surface area contributed by atoms with E-state index >= 15 is 4.39 Å². The summed E-state index contributed by atoms with van der Waals surface area (Å²) in [5, 5.41) is 15.1. The lowest BCUT2D eigenvalue weighted by Gasteiger charge is -2.38. The fraction of sp³-hybridized carbons (Fsp3) is 0.633. The molecule has 3 aliphatic carbocycles. The van der Waals surface area contributed by atoms with Gasteiger partial charge < -0.3 is 29.9 Å². The first-order chi connectivity index (χ1) is 20.6. The second-order valence-corrected chi connectivity index (χ2v) is 14.1. The highest BCUT2D eigenvalue weighted by molar-refractivity contribution is 6.02. The number of halogens is 3. The molecule has 7 rings (SSSR count). The average Bonchev–Trinajstić information content (AvgIpc) is 3.36. The minimum absolute atomic E-state index is 0.0233. The highest BCUT2D eigenvalue weighted by atomic mass is 19.1. The Labute approximate surface area is 251 Å². The molecule has 2 saturated heterocycles. The van der Waals surface area contributed by atoms with Crippen LogP contribution < -0.4 is 15.4 Å². The van der Waals surface area contributed by atoms with Crippen molar-refractivity contribution >= 4 is 29.5 Å². The molecule has 4 amide bonds. The molecule has 3 aliphatic heterocycles. The van der Waals surface area contributed by atoms with E-state index < -0.39 is 88.6 Å². The molecular formula is C30H32F3N5O6. The van der Waals surface area contributed by atoms with Crippen molar-refractivity contribution in [1.29, 1.82) is 5.26 Å². The zero-order chi connectivity index (χ0) is 31.7. The number of alkyl carbamates (subject to hydrolysis) is 1. The summed E-state index contributed by atoms with van der Waals surface area (Å²) in [4.78, 5) is 56.8. The van der Waals surface area contributed by atoms with E-state index in [2.05, 4.69) is 10.6 Å². The fourth-order valence-corrected chi connectivity index (χ4v) is 8.83. The van der Waals surface area contributed by atoms with Gasteiger partial charge in [0, 0.05) is 36.9 Å². The molecule has 234 valence electrons. The molecule has 0 bridgehead atoms. The molecule has 6 aliphatic rings. The van der Waals surface area contributed by atoms with Crippen LogP contribution >= 0.6 is 0 Å². The number of anilines is 1. The summed E-state index contributed by atoms with van der Waals surface area (Å²) in [5.74, 6) is -5.40. The van der Waals surface area contributed by atoms with Crippen molar-refractivity contribution in [3.8, 4) is 11.8 Å². The minimum Gasteiger partial charge on any atom is -0.473 e. The topological polar surface area (TPSA) is 141 Å². The number of nitriles is 1. The van der Waals surface area contributed by atoms with Gasteiger partial charge in [0.15, 0.2) is 11.6 Å². The maximum atomic E-state index is 15.5. The molecule has 0 aromatic heterocycles. The van der Waals surface area contributed by atoms with Crippen molar-refractivity contribution in [1.82, 2.24) is 15.1 Å². The molecule has 3 heterocycles. The first-order valence-electron chi connectivity index (χ1n) is 14.7. The highest BCUT2D eigenvalue weighted by Crippen LogP contribution is 2.82. The van der Waals surface area contributed by atoms with Crippen molar-refractivity contribution in [3.63, 3.8) is 0 Å². The number of ether oxygens (including phenoxy) is 2. The van der Waals surface area contributed by atoms with Crippen LogP contribution in [0, 0.1) is 58.0 Å². The van der Waals surface area contributed by atoms with E-state index in [1.165, 1.54) is 16.9 Å². The van der Waals surface area contributed by atoms with Crippen LogP contribution in [0.1, 0.15) is 33.6 Å². The Kier molecular flexibility index (Phi) is 5.89. The third kappa shape index (κ3) is 3.73. The lowest BCUT2D eigenvalue weighted by atomic mass is 9.69. The van der Waals surface area contributed by atoms with Crippen LogP contribution in [0.25, 0.3) is 0 Å². The average molecular weight is 616 g/mol. The maximum Gasteiger partial charge on any atom is 0.407 e. The Bertz CT molecular complexity index is 1560. The predicted molar refractivity (Wildman–Crippen MR) is 144 cm³/mol. The highest BCUT2D eigenvalue weighted by Gasteiger charge is 2.87. The Balaban J connectivity index is 1.23. The number of hydrogen-bond donors (Lipinski definition) is 2. The summed E-state index contributed by atoms with van der Waals surface area (Å²) in [6.45, 7) is 5.01. The number of fused-ring (bicyclic) bond motifs is 5. The molecule has 1 aromatic rings. The number of nitrogens with zero attached hydrogens (tertiary/aromatic N) is 3. The largest absolute Gasteiger partial charge is 0.473 e. The number of carbonyl (C=O) groups excluding carboxylic acids is 4. The van der Waals surface area contributed by atoms with Gasteiger partial charge in [-0.1, -0.05) is 20.8 Å². The van der Waals surface area contributed by atoms with Gasteiger partial charge in [-0.25, -0.2) is 18.0 Å². The molecule has 1 spiro atoms. The standard InChI is InChI=1S/C30H32F3N5O6/c1-28(2,3)23(36-27(42)43-4)25(40)37-10-15-14-8-30(33)19(14)20(30)18(15)22(37)24(39)38-11-29(7-13(38)9-34)26(41)35-21-16(32)5-12(31)6-17(21)44-29/h5-6,13-15,18-20,22-23H,7-8,10-11H2,1-4H3,(H,35,41)(H,36,42)/t13-,14-,15+,18+,19?,20+,22-,23+,29+,30+/m0/s1. The Morgan fingerprint density at radius 2 is 1.91 bits per heavy atom. The van der Waals surface area contributed by atoms with E-state index in [0.29, 0.717) is 12.5 Å². The van der Waals surface area contributed by atoms with Gasteiger partial charge in [-0.15, -0.1) is 0 Å². The van der Waals surface area contributed by atoms with E-state index in [0.717, 1.165) is 6.07 Å². The number of amides is 4. The predicted octanol–water partition coefficient (Wildman–Crippen LogP) is 2.36. The molecule has 11 nitrogen and oxygen atoms in total. The first-order valence-corrected chi connectivity index (χ1v) is 14.7. The van der Waals surface area contributed by atoms with Crippen LogP contribution in [0.4, 0.5) is 23.7 Å². The number of alkyl halides is 1. The molecule has 14 heteroatoms. The molecular weight excluding hydrogens is 583 g/mol. The van der Waals surface area contributed by atoms with Gasteiger partial charge in [-0.05, 0) is 29.6 Å². The van der Waals surface area contributed by atoms with Crippen LogP contribution in [-0.2, 0) is 19.1 Å². The number of carbonyl (C=O) groups is 4. The smallest absolute Gasteiger partial charge is 0.407 e. The molecule has 44 heavy (non-hydrogen) atoms. The normalized spacial score (nSPS) is 38.0. The summed E-state index contributed by atoms with van der Waals surface area (Å²) >= 11 is 0. The Morgan fingerprint density at radius 3 is 2.57 bits per heavy atom. The maximum absolute atomic E-state index is 15.5. The molecule has 3 saturated carbocycles. The zero-order valence-corrected chi connectivity index (χ0v) is 24.5. The number of hydrogen-bond acceptors (Lipinski definition) is 7. The number of benzene rings is 1. The lowest BCUT2D eigenvalue weighted by Crippen LogP contribution is -2.60. The van der Waals surface area contributed by atoms with Crippen LogP contribution in [0.5, 0.6) is 5.75 Å². The van der Waals surface area contributed by atoms with Crippen molar-refractivity contribution in [3.05, 3.63) is 23.8 Å². The number of methoxy groups -OCH3 is 1. The van der Waals surface area contributed by atoms with Crippen LogP contribution in [-0.4, -0.2) is 83.2 Å². The molecule has 2 N–H and O–H groups in total. The molecule has 1 aromatic carbocycles. The van der Waals surface area contributed by atoms with E-state index in [9.17, 15) is 33.2 Å². The SMILES string of the molecule is COC(=O)N[C@H](C(=O)N1C[C@H]2[C@@H]([C@H]1C(=O)N1C[C@@]3(C[C@H]1C#N)Oc1cc(F)cc(F)c1NC3=O)[C@@H]1C3[C@H]2C[C@@]31F)C(C)(C)C. The quantitative estimate of drug-likeness (QED) is 0.532. The van der Waals surface area contributed by atoms with Gasteiger partial charge in [0.2, 0.25) is 17.4 Å². The van der Waals surface area contributed by atoms with Crippen molar-refractivity contribution < 1.29 is 41.8 Å². The van der Waals surface area contributed by atoms with E-state index in [1.807, 2.05) is 6.07 Å². The summed E-state index contributed by atoms with van der Waals surface area (Å²) in [6, 6.07) is 0.131. The minimum atomic E-state index is -1.82. The first kappa shape index (κ1) is 28.7. The van der Waals surface area contributed by atoms with Gasteiger partial charge >= 0.3 is 6.09 Å². The lowest BCUT2D eigenvalue weighted by molar-refractivity contribution is -0.148. The summed E-state index contributed by atoms with van der Waals surface area (Å²) in [5.41, 5.74) is -4.33. The fourth-order valence-electron chi connectivity index (χ4n) is 8.83. The number of likely N-dealkylation sites (tertiary alicyclic amines) is 2. The monoisotopic (exact) mass is 615 g/mol. The van der Waals surface area contributed by atoms with Gasteiger partial charge in [-0.2, -0.15) is 5.26 Å². The number of rotatable bonds is 3. The van der Waals surface area contributed by atoms with Crippen LogP contribution in [0.15, 0.2) is 12.1 Å². The molecule has 0 radical (unpaired) electrons. The van der Waals surface area contributed by atoms with Gasteiger partial charge in [0.05, 0.1) is 19.7 Å². The Morgan fingerprint density at radius 1 is 1.18 bits per heavy atom. The second-order valence-electron chi connectivity index (χ2n) is 14.1. The third-order valence-electron chi connectivity index (χ3n) is 10.8. The molecule has 1 unspecified atom stereocenters. The Hall–Kier alpha value is -4.02. The summed E-state index contributed by atoms with van der Waals surface area (Å²) in [7, 11) is 1.17. The van der Waals surface area contributed by atoms with Gasteiger partial charge in [0.1, 0.15) is 35.3 Å². The van der Waals surface area contributed by atoms with Crippen molar-refractivity contribution in [2.75, 3.05) is 25.5 Å². The van der Waals surface area contributed by atoms with E-state index in [1.54, 1.807) is 20.8 Å². The summed E-state index contributed by atoms with van der Waals surface area (Å²) in [6.07, 6.45) is -0.736. The molecule has 5 fully saturated rings. The second kappa shape index (κ2) is 9.01. The number of nitrogens with one attached hydrogen (secondary N) is 2. The summed E-state index contributed by atoms with van der Waals surface area (Å²) < 4.78 is 54.5. The van der Waals surface area contributed by atoms with Crippen molar-refractivity contribution in [2.24, 2.45) is 35.0 Å². The molecule has 10 atom stereocenters. The zero-order valence-electron chi connectivity index (χ0n) is 24.5. The van der Waals surface area contributed by atoms with Crippen LogP contribution in [0.3, 0.4) is 0 Å². The van der Waals surface area contributed by atoms with Gasteiger partial charge in [-0.3, -0.25) is 14.4 Å². The van der Waals surface area contributed by atoms with E-state index in [4.69, 9.17) is 9.47 Å².